The number of benzene rings is 2. The molecule has 5 heteroatoms. The minimum absolute atomic E-state index is 0.127. The summed E-state index contributed by atoms with van der Waals surface area (Å²) in [6.45, 7) is 0.482. The van der Waals surface area contributed by atoms with Gasteiger partial charge in [-0.15, -0.1) is 0 Å². The van der Waals surface area contributed by atoms with Gasteiger partial charge in [0, 0.05) is 36.1 Å². The monoisotopic (exact) mass is 363 g/mol. The first-order valence-corrected chi connectivity index (χ1v) is 8.55. The Morgan fingerprint density at radius 1 is 1.00 bits per heavy atom. The van der Waals surface area contributed by atoms with Crippen molar-refractivity contribution in [1.82, 2.24) is 9.97 Å². The molecule has 2 aromatic carbocycles. The molecule has 26 heavy (non-hydrogen) atoms. The molecule has 0 saturated carbocycles. The Bertz CT molecular complexity index is 1080. The second-order valence-electron chi connectivity index (χ2n) is 5.94. The van der Waals surface area contributed by atoms with Gasteiger partial charge in [-0.2, -0.15) is 0 Å². The van der Waals surface area contributed by atoms with E-state index in [2.05, 4.69) is 21.4 Å². The van der Waals surface area contributed by atoms with Crippen molar-refractivity contribution in [3.63, 3.8) is 0 Å². The van der Waals surface area contributed by atoms with Crippen molar-refractivity contribution in [2.45, 2.75) is 6.54 Å². The summed E-state index contributed by atoms with van der Waals surface area (Å²) in [5.41, 5.74) is 4.69. The van der Waals surface area contributed by atoms with Gasteiger partial charge < -0.3 is 5.32 Å². The van der Waals surface area contributed by atoms with Crippen LogP contribution in [0.15, 0.2) is 73.2 Å². The van der Waals surface area contributed by atoms with Gasteiger partial charge in [0.2, 0.25) is 0 Å². The van der Waals surface area contributed by atoms with Crippen molar-refractivity contribution in [1.29, 1.82) is 0 Å². The molecule has 0 amide bonds. The van der Waals surface area contributed by atoms with Crippen LogP contribution in [0, 0.1) is 5.82 Å². The third kappa shape index (κ3) is 3.37. The summed E-state index contributed by atoms with van der Waals surface area (Å²) in [4.78, 5) is 8.73. The highest BCUT2D eigenvalue weighted by Crippen LogP contribution is 2.28. The molecule has 0 spiro atoms. The maximum absolute atomic E-state index is 13.6. The Labute approximate surface area is 155 Å². The second-order valence-corrected chi connectivity index (χ2v) is 6.35. The van der Waals surface area contributed by atoms with Crippen LogP contribution in [0.2, 0.25) is 5.02 Å². The minimum Gasteiger partial charge on any atom is -0.380 e. The van der Waals surface area contributed by atoms with E-state index in [1.165, 1.54) is 6.07 Å². The lowest BCUT2D eigenvalue weighted by atomic mass is 10.0. The summed E-state index contributed by atoms with van der Waals surface area (Å²) in [6, 6.07) is 16.8. The molecule has 0 aliphatic heterocycles. The van der Waals surface area contributed by atoms with Gasteiger partial charge in [0.1, 0.15) is 5.82 Å². The van der Waals surface area contributed by atoms with Gasteiger partial charge in [-0.1, -0.05) is 35.9 Å². The SMILES string of the molecule is Fc1cc(CNc2cncc(-c3cccc4ncccc34)c2)ccc1Cl. The van der Waals surface area contributed by atoms with Crippen LogP contribution in [0.5, 0.6) is 0 Å². The molecular weight excluding hydrogens is 349 g/mol. The van der Waals surface area contributed by atoms with E-state index in [-0.39, 0.29) is 5.02 Å². The molecule has 3 nitrogen and oxygen atoms in total. The number of halogens is 2. The summed E-state index contributed by atoms with van der Waals surface area (Å²) < 4.78 is 13.6. The Morgan fingerprint density at radius 3 is 2.81 bits per heavy atom. The van der Waals surface area contributed by atoms with E-state index in [0.717, 1.165) is 33.3 Å². The molecule has 4 aromatic rings. The first kappa shape index (κ1) is 16.5. The van der Waals surface area contributed by atoms with Crippen LogP contribution in [0.25, 0.3) is 22.0 Å². The zero-order valence-electron chi connectivity index (χ0n) is 13.8. The van der Waals surface area contributed by atoms with Crippen LogP contribution in [-0.4, -0.2) is 9.97 Å². The number of nitrogens with one attached hydrogen (secondary N) is 1. The topological polar surface area (TPSA) is 37.8 Å². The van der Waals surface area contributed by atoms with E-state index in [1.54, 1.807) is 24.5 Å². The third-order valence-corrected chi connectivity index (χ3v) is 4.48. The molecular formula is C21H15ClFN3. The van der Waals surface area contributed by atoms with Crippen molar-refractivity contribution in [2.75, 3.05) is 5.32 Å². The summed E-state index contributed by atoms with van der Waals surface area (Å²) in [7, 11) is 0. The Balaban J connectivity index is 1.61. The van der Waals surface area contributed by atoms with E-state index < -0.39 is 5.82 Å². The first-order valence-electron chi connectivity index (χ1n) is 8.18. The van der Waals surface area contributed by atoms with E-state index in [1.807, 2.05) is 36.5 Å². The standard InChI is InChI=1S/C21H15ClFN3/c22-19-7-6-14(9-20(19)23)11-26-16-10-15(12-24-13-16)17-3-1-5-21-18(17)4-2-8-25-21/h1-10,12-13,26H,11H2. The zero-order chi connectivity index (χ0) is 17.9. The maximum atomic E-state index is 13.6. The van der Waals surface area contributed by atoms with Crippen LogP contribution in [-0.2, 0) is 6.54 Å². The van der Waals surface area contributed by atoms with Crippen molar-refractivity contribution in [3.8, 4) is 11.1 Å². The molecule has 0 bridgehead atoms. The van der Waals surface area contributed by atoms with Crippen LogP contribution in [0.3, 0.4) is 0 Å². The molecule has 0 aliphatic rings. The van der Waals surface area contributed by atoms with E-state index >= 15 is 0 Å². The predicted molar refractivity (Wildman–Crippen MR) is 104 cm³/mol. The van der Waals surface area contributed by atoms with Gasteiger partial charge in [-0.3, -0.25) is 9.97 Å². The van der Waals surface area contributed by atoms with E-state index in [9.17, 15) is 4.39 Å². The number of hydrogen-bond donors (Lipinski definition) is 1. The van der Waals surface area contributed by atoms with Gasteiger partial charge in [0.05, 0.1) is 16.2 Å². The highest BCUT2D eigenvalue weighted by atomic mass is 35.5. The second kappa shape index (κ2) is 7.10. The van der Waals surface area contributed by atoms with Crippen molar-refractivity contribution < 1.29 is 4.39 Å². The van der Waals surface area contributed by atoms with E-state index in [4.69, 9.17) is 11.6 Å². The Morgan fingerprint density at radius 2 is 1.92 bits per heavy atom. The quantitative estimate of drug-likeness (QED) is 0.505. The number of aromatic nitrogens is 2. The van der Waals surface area contributed by atoms with Crippen molar-refractivity contribution in [3.05, 3.63) is 89.6 Å². The fraction of sp³-hybridized carbons (Fsp3) is 0.0476. The molecule has 1 N–H and O–H groups in total. The molecule has 2 aromatic heterocycles. The van der Waals surface area contributed by atoms with Gasteiger partial charge in [0.25, 0.3) is 0 Å². The molecule has 0 radical (unpaired) electrons. The lowest BCUT2D eigenvalue weighted by molar-refractivity contribution is 0.626. The lowest BCUT2D eigenvalue weighted by Crippen LogP contribution is -2.00. The average Bonchev–Trinajstić information content (AvgIpc) is 2.69. The molecule has 0 unspecified atom stereocenters. The molecule has 0 fully saturated rings. The summed E-state index contributed by atoms with van der Waals surface area (Å²) in [5, 5.41) is 4.48. The van der Waals surface area contributed by atoms with Crippen molar-refractivity contribution in [2.24, 2.45) is 0 Å². The summed E-state index contributed by atoms with van der Waals surface area (Å²) >= 11 is 5.72. The van der Waals surface area contributed by atoms with Gasteiger partial charge in [-0.25, -0.2) is 4.39 Å². The Kier molecular flexibility index (Phi) is 4.50. The van der Waals surface area contributed by atoms with E-state index in [0.29, 0.717) is 6.54 Å². The molecule has 0 saturated heterocycles. The first-order chi connectivity index (χ1) is 12.7. The summed E-state index contributed by atoms with van der Waals surface area (Å²) in [5.74, 6) is -0.416. The number of anilines is 1. The number of rotatable bonds is 4. The molecule has 0 aliphatic carbocycles. The fourth-order valence-corrected chi connectivity index (χ4v) is 3.01. The normalized spacial score (nSPS) is 10.8. The predicted octanol–water partition coefficient (Wildman–Crippen LogP) is 5.70. The number of fused-ring (bicyclic) bond motifs is 1. The smallest absolute Gasteiger partial charge is 0.142 e. The molecule has 2 heterocycles. The van der Waals surface area contributed by atoms with Gasteiger partial charge >= 0.3 is 0 Å². The highest BCUT2D eigenvalue weighted by molar-refractivity contribution is 6.30. The molecule has 4 rings (SSSR count). The zero-order valence-corrected chi connectivity index (χ0v) is 14.5. The van der Waals surface area contributed by atoms with Crippen LogP contribution < -0.4 is 5.32 Å². The average molecular weight is 364 g/mol. The highest BCUT2D eigenvalue weighted by Gasteiger charge is 2.06. The summed E-state index contributed by atoms with van der Waals surface area (Å²) in [6.07, 6.45) is 5.36. The van der Waals surface area contributed by atoms with Gasteiger partial charge in [-0.05, 0) is 41.5 Å². The van der Waals surface area contributed by atoms with Crippen molar-refractivity contribution >= 4 is 28.2 Å². The maximum Gasteiger partial charge on any atom is 0.142 e. The number of nitrogens with zero attached hydrogens (tertiary/aromatic N) is 2. The third-order valence-electron chi connectivity index (χ3n) is 4.18. The largest absolute Gasteiger partial charge is 0.380 e. The van der Waals surface area contributed by atoms with Crippen LogP contribution >= 0.6 is 11.6 Å². The fourth-order valence-electron chi connectivity index (χ4n) is 2.89. The lowest BCUT2D eigenvalue weighted by Gasteiger charge is -2.10. The number of hydrogen-bond acceptors (Lipinski definition) is 3. The minimum atomic E-state index is -0.416. The molecule has 128 valence electrons. The Hall–Kier alpha value is -2.98. The van der Waals surface area contributed by atoms with Crippen LogP contribution in [0.1, 0.15) is 5.56 Å². The molecule has 0 atom stereocenters. The van der Waals surface area contributed by atoms with Crippen LogP contribution in [0.4, 0.5) is 10.1 Å². The van der Waals surface area contributed by atoms with Gasteiger partial charge in [0.15, 0.2) is 0 Å². The number of pyridine rings is 2.